The van der Waals surface area contributed by atoms with Crippen molar-refractivity contribution in [2.75, 3.05) is 5.73 Å². The smallest absolute Gasteiger partial charge is 0.346 e. The van der Waals surface area contributed by atoms with Crippen molar-refractivity contribution < 1.29 is 14.3 Å². The Hall–Kier alpha value is -2.36. The molecule has 0 radical (unpaired) electrons. The summed E-state index contributed by atoms with van der Waals surface area (Å²) < 4.78 is 4.76. The Morgan fingerprint density at radius 3 is 2.50 bits per heavy atom. The summed E-state index contributed by atoms with van der Waals surface area (Å²) in [6, 6.07) is 5.20. The van der Waals surface area contributed by atoms with Gasteiger partial charge in [0, 0.05) is 16.5 Å². The number of esters is 2. The minimum Gasteiger partial charge on any atom is -0.398 e. The molecule has 4 heteroatoms. The van der Waals surface area contributed by atoms with Gasteiger partial charge in [-0.3, -0.25) is 0 Å². The predicted octanol–water partition coefficient (Wildman–Crippen LogP) is 2.35. The Morgan fingerprint density at radius 1 is 1.06 bits per heavy atom. The summed E-state index contributed by atoms with van der Waals surface area (Å²) in [6.07, 6.45) is 0. The standard InChI is InChI=1S/C14H11NO3/c1-6-7(2)12(15)8-4-3-5-9-11(8)10(6)14(17)18-13(9)16/h3-5H,15H2,1-2H3. The quantitative estimate of drug-likeness (QED) is 0.436. The number of rotatable bonds is 0. The van der Waals surface area contributed by atoms with E-state index in [4.69, 9.17) is 10.5 Å². The third kappa shape index (κ3) is 1.14. The van der Waals surface area contributed by atoms with Crippen LogP contribution in [0.3, 0.4) is 0 Å². The van der Waals surface area contributed by atoms with Crippen molar-refractivity contribution in [2.24, 2.45) is 0 Å². The molecule has 2 aromatic carbocycles. The van der Waals surface area contributed by atoms with E-state index in [0.717, 1.165) is 16.5 Å². The van der Waals surface area contributed by atoms with Crippen LogP contribution in [0.1, 0.15) is 31.8 Å². The molecule has 3 rings (SSSR count). The predicted molar refractivity (Wildman–Crippen MR) is 67.6 cm³/mol. The first kappa shape index (κ1) is 10.8. The van der Waals surface area contributed by atoms with Crippen LogP contribution in [0.5, 0.6) is 0 Å². The van der Waals surface area contributed by atoms with Gasteiger partial charge in [-0.15, -0.1) is 0 Å². The second-order valence-electron chi connectivity index (χ2n) is 4.44. The normalized spacial score (nSPS) is 13.9. The van der Waals surface area contributed by atoms with Crippen LogP contribution in [0.2, 0.25) is 0 Å². The number of hydrogen-bond donors (Lipinski definition) is 1. The highest BCUT2D eigenvalue weighted by Gasteiger charge is 2.30. The maximum Gasteiger partial charge on any atom is 0.346 e. The third-order valence-electron chi connectivity index (χ3n) is 3.56. The molecular weight excluding hydrogens is 230 g/mol. The summed E-state index contributed by atoms with van der Waals surface area (Å²) in [7, 11) is 0. The van der Waals surface area contributed by atoms with Gasteiger partial charge in [0.15, 0.2) is 0 Å². The monoisotopic (exact) mass is 241 g/mol. The minimum absolute atomic E-state index is 0.400. The number of nitrogen functional groups attached to an aromatic ring is 1. The molecule has 0 spiro atoms. The fourth-order valence-electron chi connectivity index (χ4n) is 2.44. The van der Waals surface area contributed by atoms with Crippen LogP contribution in [0, 0.1) is 13.8 Å². The Kier molecular flexibility index (Phi) is 1.99. The molecule has 2 N–H and O–H groups in total. The average molecular weight is 241 g/mol. The average Bonchev–Trinajstić information content (AvgIpc) is 2.35. The Bertz CT molecular complexity index is 732. The van der Waals surface area contributed by atoms with Gasteiger partial charge < -0.3 is 10.5 Å². The van der Waals surface area contributed by atoms with E-state index >= 15 is 0 Å². The number of hydrogen-bond acceptors (Lipinski definition) is 4. The maximum absolute atomic E-state index is 11.9. The number of ether oxygens (including phenoxy) is 1. The highest BCUT2D eigenvalue weighted by atomic mass is 16.6. The molecule has 0 fully saturated rings. The first-order valence-corrected chi connectivity index (χ1v) is 5.60. The maximum atomic E-state index is 11.9. The van der Waals surface area contributed by atoms with Crippen LogP contribution >= 0.6 is 0 Å². The number of carbonyl (C=O) groups is 2. The van der Waals surface area contributed by atoms with Crippen molar-refractivity contribution in [1.82, 2.24) is 0 Å². The summed E-state index contributed by atoms with van der Waals surface area (Å²) in [5, 5.41) is 1.34. The van der Waals surface area contributed by atoms with Crippen LogP contribution in [0.4, 0.5) is 5.69 Å². The van der Waals surface area contributed by atoms with Gasteiger partial charge in [-0.05, 0) is 31.0 Å². The molecule has 0 amide bonds. The van der Waals surface area contributed by atoms with Crippen LogP contribution in [0.25, 0.3) is 10.8 Å². The molecule has 0 atom stereocenters. The van der Waals surface area contributed by atoms with Crippen molar-refractivity contribution in [3.05, 3.63) is 40.5 Å². The van der Waals surface area contributed by atoms with E-state index in [2.05, 4.69) is 0 Å². The van der Waals surface area contributed by atoms with Gasteiger partial charge in [-0.2, -0.15) is 0 Å². The lowest BCUT2D eigenvalue weighted by atomic mass is 9.89. The van der Waals surface area contributed by atoms with Gasteiger partial charge in [0.05, 0.1) is 11.1 Å². The molecule has 0 saturated heterocycles. The van der Waals surface area contributed by atoms with E-state index in [0.29, 0.717) is 22.2 Å². The van der Waals surface area contributed by atoms with E-state index in [1.165, 1.54) is 0 Å². The van der Waals surface area contributed by atoms with Gasteiger partial charge in [-0.1, -0.05) is 12.1 Å². The Labute approximate surface area is 103 Å². The molecular formula is C14H11NO3. The molecule has 1 aliphatic heterocycles. The van der Waals surface area contributed by atoms with Crippen molar-refractivity contribution >= 4 is 28.4 Å². The lowest BCUT2D eigenvalue weighted by Gasteiger charge is -2.20. The molecule has 0 aliphatic carbocycles. The van der Waals surface area contributed by atoms with Crippen molar-refractivity contribution in [3.8, 4) is 0 Å². The minimum atomic E-state index is -0.610. The number of anilines is 1. The van der Waals surface area contributed by atoms with E-state index < -0.39 is 11.9 Å². The van der Waals surface area contributed by atoms with Crippen LogP contribution in [0.15, 0.2) is 18.2 Å². The second-order valence-corrected chi connectivity index (χ2v) is 4.44. The van der Waals surface area contributed by atoms with E-state index in [-0.39, 0.29) is 0 Å². The zero-order chi connectivity index (χ0) is 13.0. The fourth-order valence-corrected chi connectivity index (χ4v) is 2.44. The Balaban J connectivity index is 2.65. The number of cyclic esters (lactones) is 2. The van der Waals surface area contributed by atoms with Crippen LogP contribution in [-0.2, 0) is 4.74 Å². The molecule has 90 valence electrons. The largest absolute Gasteiger partial charge is 0.398 e. The topological polar surface area (TPSA) is 69.4 Å². The SMILES string of the molecule is Cc1c(C)c2c3c(cccc3c1N)C(=O)OC2=O. The highest BCUT2D eigenvalue weighted by molar-refractivity contribution is 6.23. The molecule has 0 unspecified atom stereocenters. The molecule has 0 bridgehead atoms. The van der Waals surface area contributed by atoms with Gasteiger partial charge in [0.25, 0.3) is 0 Å². The molecule has 2 aromatic rings. The fraction of sp³-hybridized carbons (Fsp3) is 0.143. The molecule has 1 aliphatic rings. The van der Waals surface area contributed by atoms with Crippen molar-refractivity contribution in [2.45, 2.75) is 13.8 Å². The molecule has 18 heavy (non-hydrogen) atoms. The number of carbonyl (C=O) groups excluding carboxylic acids is 2. The zero-order valence-electron chi connectivity index (χ0n) is 10.0. The molecule has 0 saturated carbocycles. The van der Waals surface area contributed by atoms with Gasteiger partial charge in [0.1, 0.15) is 0 Å². The lowest BCUT2D eigenvalue weighted by Crippen LogP contribution is -2.21. The van der Waals surface area contributed by atoms with E-state index in [1.54, 1.807) is 12.1 Å². The second kappa shape index (κ2) is 3.32. The van der Waals surface area contributed by atoms with Gasteiger partial charge >= 0.3 is 11.9 Å². The first-order chi connectivity index (χ1) is 8.52. The van der Waals surface area contributed by atoms with Gasteiger partial charge in [-0.25, -0.2) is 9.59 Å². The number of nitrogens with two attached hydrogens (primary N) is 1. The summed E-state index contributed by atoms with van der Waals surface area (Å²) in [4.78, 5) is 23.6. The van der Waals surface area contributed by atoms with Crippen LogP contribution < -0.4 is 5.73 Å². The molecule has 4 nitrogen and oxygen atoms in total. The van der Waals surface area contributed by atoms with Crippen molar-refractivity contribution in [1.29, 1.82) is 0 Å². The summed E-state index contributed by atoms with van der Waals surface area (Å²) >= 11 is 0. The number of benzene rings is 2. The lowest BCUT2D eigenvalue weighted by molar-refractivity contribution is 0.0390. The summed E-state index contributed by atoms with van der Waals surface area (Å²) in [5.41, 5.74) is 9.14. The van der Waals surface area contributed by atoms with E-state index in [9.17, 15) is 9.59 Å². The Morgan fingerprint density at radius 2 is 1.78 bits per heavy atom. The molecule has 1 heterocycles. The van der Waals surface area contributed by atoms with Crippen LogP contribution in [-0.4, -0.2) is 11.9 Å². The third-order valence-corrected chi connectivity index (χ3v) is 3.56. The molecule has 0 aromatic heterocycles. The van der Waals surface area contributed by atoms with Gasteiger partial charge in [0.2, 0.25) is 0 Å². The first-order valence-electron chi connectivity index (χ1n) is 5.60. The van der Waals surface area contributed by atoms with E-state index in [1.807, 2.05) is 19.9 Å². The van der Waals surface area contributed by atoms with Crippen molar-refractivity contribution in [3.63, 3.8) is 0 Å². The highest BCUT2D eigenvalue weighted by Crippen LogP contribution is 2.36. The zero-order valence-corrected chi connectivity index (χ0v) is 10.0. The summed E-state index contributed by atoms with van der Waals surface area (Å²) in [5.74, 6) is -1.20. The summed E-state index contributed by atoms with van der Waals surface area (Å²) in [6.45, 7) is 3.67.